The third-order valence-electron chi connectivity index (χ3n) is 7.39. The van der Waals surface area contributed by atoms with Crippen LogP contribution in [0.4, 0.5) is 11.6 Å². The number of fused-ring (bicyclic) bond motifs is 4. The molecule has 1 aromatic carbocycles. The topological polar surface area (TPSA) is 95.3 Å². The molecular weight excluding hydrogens is 494 g/mol. The molecule has 3 aliphatic rings. The molecule has 6 rings (SSSR count). The molecule has 0 saturated carbocycles. The van der Waals surface area contributed by atoms with Gasteiger partial charge in [-0.1, -0.05) is 11.6 Å². The molecule has 2 fully saturated rings. The van der Waals surface area contributed by atoms with Crippen LogP contribution in [-0.4, -0.2) is 77.7 Å². The fraction of sp³-hybridized carbons (Fsp3) is 0.462. The lowest BCUT2D eigenvalue weighted by Gasteiger charge is -2.35. The molecule has 37 heavy (non-hydrogen) atoms. The molecule has 1 unspecified atom stereocenters. The number of nitrogens with one attached hydrogen (secondary N) is 1. The number of likely N-dealkylation sites (N-methyl/N-ethyl adjacent to an activating group) is 1. The van der Waals surface area contributed by atoms with Crippen LogP contribution in [0.3, 0.4) is 0 Å². The first kappa shape index (κ1) is 23.8. The maximum atomic E-state index is 13.9. The van der Waals surface area contributed by atoms with E-state index >= 15 is 0 Å². The molecule has 1 atom stereocenters. The van der Waals surface area contributed by atoms with E-state index in [2.05, 4.69) is 21.2 Å². The van der Waals surface area contributed by atoms with E-state index in [4.69, 9.17) is 26.4 Å². The minimum absolute atomic E-state index is 0.182. The quantitative estimate of drug-likeness (QED) is 0.524. The van der Waals surface area contributed by atoms with Gasteiger partial charge in [0.25, 0.3) is 11.8 Å². The number of aromatic nitrogens is 3. The molecule has 0 aliphatic carbocycles. The van der Waals surface area contributed by atoms with Crippen LogP contribution in [0.1, 0.15) is 47.8 Å². The number of halogens is 1. The average molecular weight is 524 g/mol. The van der Waals surface area contributed by atoms with Crippen LogP contribution >= 0.6 is 11.6 Å². The predicted molar refractivity (Wildman–Crippen MR) is 141 cm³/mol. The highest BCUT2D eigenvalue weighted by Crippen LogP contribution is 2.35. The van der Waals surface area contributed by atoms with Crippen molar-refractivity contribution in [3.05, 3.63) is 46.6 Å². The summed E-state index contributed by atoms with van der Waals surface area (Å²) in [5.41, 5.74) is 1.92. The van der Waals surface area contributed by atoms with E-state index in [1.165, 1.54) is 0 Å². The lowest BCUT2D eigenvalue weighted by Crippen LogP contribution is -2.39. The van der Waals surface area contributed by atoms with Gasteiger partial charge in [0.15, 0.2) is 12.3 Å². The molecule has 2 amide bonds. The number of benzene rings is 1. The van der Waals surface area contributed by atoms with Crippen LogP contribution in [0, 0.1) is 0 Å². The first-order chi connectivity index (χ1) is 18.0. The van der Waals surface area contributed by atoms with Gasteiger partial charge in [-0.3, -0.25) is 9.59 Å². The summed E-state index contributed by atoms with van der Waals surface area (Å²) in [6.07, 6.45) is 3.86. The molecule has 5 heterocycles. The number of ether oxygens (including phenoxy) is 1. The van der Waals surface area contributed by atoms with Crippen LogP contribution in [0.25, 0.3) is 5.65 Å². The van der Waals surface area contributed by atoms with Gasteiger partial charge in [-0.15, -0.1) is 0 Å². The Hall–Kier alpha value is -3.53. The van der Waals surface area contributed by atoms with Gasteiger partial charge in [-0.2, -0.15) is 9.61 Å². The normalized spacial score (nSPS) is 20.8. The van der Waals surface area contributed by atoms with Crippen molar-refractivity contribution in [2.45, 2.75) is 31.7 Å². The summed E-state index contributed by atoms with van der Waals surface area (Å²) in [6.45, 7) is 3.39. The second-order valence-corrected chi connectivity index (χ2v) is 10.3. The van der Waals surface area contributed by atoms with Crippen molar-refractivity contribution in [3.8, 4) is 5.75 Å². The molecule has 2 saturated heterocycles. The number of anilines is 2. The molecule has 0 radical (unpaired) electrons. The van der Waals surface area contributed by atoms with Gasteiger partial charge in [-0.05, 0) is 43.9 Å². The smallest absolute Gasteiger partial charge is 0.258 e. The number of nitrogens with zero attached hydrogens (tertiary/aromatic N) is 6. The van der Waals surface area contributed by atoms with Crippen molar-refractivity contribution in [1.29, 1.82) is 0 Å². The maximum Gasteiger partial charge on any atom is 0.258 e. The third kappa shape index (κ3) is 4.54. The Labute approximate surface area is 220 Å². The van der Waals surface area contributed by atoms with Gasteiger partial charge >= 0.3 is 0 Å². The Balaban J connectivity index is 1.47. The van der Waals surface area contributed by atoms with Crippen LogP contribution < -0.4 is 19.9 Å². The van der Waals surface area contributed by atoms with E-state index in [0.717, 1.165) is 61.7 Å². The van der Waals surface area contributed by atoms with Gasteiger partial charge < -0.3 is 24.8 Å². The summed E-state index contributed by atoms with van der Waals surface area (Å²) in [5, 5.41) is 8.32. The predicted octanol–water partition coefficient (Wildman–Crippen LogP) is 2.91. The second-order valence-electron chi connectivity index (χ2n) is 9.86. The summed E-state index contributed by atoms with van der Waals surface area (Å²) >= 11 is 6.28. The third-order valence-corrected chi connectivity index (χ3v) is 7.63. The van der Waals surface area contributed by atoms with Crippen molar-refractivity contribution >= 4 is 40.7 Å². The minimum Gasteiger partial charge on any atom is -0.483 e. The van der Waals surface area contributed by atoms with Gasteiger partial charge in [-0.25, -0.2) is 4.98 Å². The first-order valence-corrected chi connectivity index (χ1v) is 13.2. The monoisotopic (exact) mass is 523 g/mol. The van der Waals surface area contributed by atoms with Crippen molar-refractivity contribution in [3.63, 3.8) is 0 Å². The summed E-state index contributed by atoms with van der Waals surface area (Å²) < 4.78 is 7.66. The van der Waals surface area contributed by atoms with Crippen LogP contribution in [0.5, 0.6) is 5.75 Å². The molecule has 194 valence electrons. The highest BCUT2D eigenvalue weighted by molar-refractivity contribution is 6.31. The summed E-state index contributed by atoms with van der Waals surface area (Å²) in [4.78, 5) is 37.5. The van der Waals surface area contributed by atoms with Crippen molar-refractivity contribution in [2.75, 3.05) is 56.2 Å². The molecule has 2 bridgehead atoms. The van der Waals surface area contributed by atoms with Crippen LogP contribution in [0.2, 0.25) is 5.02 Å². The second kappa shape index (κ2) is 9.74. The standard InChI is InChI=1S/C26H30ClN7O3/c1-31-12-8-28-24(35)16-37-21-7-6-17(27)13-18(21)26(36)33-11-3-2-5-20(33)19-14-23-29-22(32-9-4-10-32)15-25(31)34(23)30-19/h6-7,13-15,20H,2-5,8-12,16H2,1H3,(H,28,35). The molecule has 3 aromatic rings. The zero-order valence-electron chi connectivity index (χ0n) is 20.8. The highest BCUT2D eigenvalue weighted by atomic mass is 35.5. The summed E-state index contributed by atoms with van der Waals surface area (Å²) in [6, 6.07) is 8.79. The molecule has 0 spiro atoms. The Bertz CT molecular complexity index is 1360. The van der Waals surface area contributed by atoms with E-state index in [0.29, 0.717) is 36.0 Å². The minimum atomic E-state index is -0.257. The Morgan fingerprint density at radius 3 is 2.73 bits per heavy atom. The highest BCUT2D eigenvalue weighted by Gasteiger charge is 2.33. The number of carbonyl (C=O) groups is 2. The Morgan fingerprint density at radius 2 is 1.92 bits per heavy atom. The molecular formula is C26H30ClN7O3. The van der Waals surface area contributed by atoms with Gasteiger partial charge in [0.2, 0.25) is 0 Å². The summed E-state index contributed by atoms with van der Waals surface area (Å²) in [7, 11) is 1.98. The van der Waals surface area contributed by atoms with Crippen molar-refractivity contribution in [1.82, 2.24) is 24.8 Å². The molecule has 11 heteroatoms. The number of hydrogen-bond acceptors (Lipinski definition) is 7. The lowest BCUT2D eigenvalue weighted by atomic mass is 9.98. The van der Waals surface area contributed by atoms with Crippen LogP contribution in [-0.2, 0) is 4.79 Å². The van der Waals surface area contributed by atoms with E-state index < -0.39 is 0 Å². The fourth-order valence-electron chi connectivity index (χ4n) is 5.21. The molecule has 10 nitrogen and oxygen atoms in total. The number of rotatable bonds is 1. The number of piperidine rings is 1. The Morgan fingerprint density at radius 1 is 1.05 bits per heavy atom. The van der Waals surface area contributed by atoms with E-state index in [-0.39, 0.29) is 24.5 Å². The van der Waals surface area contributed by atoms with Crippen molar-refractivity contribution < 1.29 is 14.3 Å². The number of hydrogen-bond donors (Lipinski definition) is 1. The first-order valence-electron chi connectivity index (χ1n) is 12.8. The fourth-order valence-corrected chi connectivity index (χ4v) is 5.38. The number of carbonyl (C=O) groups excluding carboxylic acids is 2. The largest absolute Gasteiger partial charge is 0.483 e. The zero-order chi connectivity index (χ0) is 25.5. The Kier molecular flexibility index (Phi) is 6.27. The lowest BCUT2D eigenvalue weighted by molar-refractivity contribution is -0.123. The molecule has 3 aliphatic heterocycles. The van der Waals surface area contributed by atoms with E-state index in [9.17, 15) is 9.59 Å². The van der Waals surface area contributed by atoms with Gasteiger partial charge in [0.1, 0.15) is 17.4 Å². The number of amides is 2. The van der Waals surface area contributed by atoms with Gasteiger partial charge in [0.05, 0.1) is 17.3 Å². The average Bonchev–Trinajstić information content (AvgIpc) is 3.29. The molecule has 2 aromatic heterocycles. The van der Waals surface area contributed by atoms with E-state index in [1.807, 2.05) is 22.5 Å². The summed E-state index contributed by atoms with van der Waals surface area (Å²) in [5.74, 6) is 1.71. The zero-order valence-corrected chi connectivity index (χ0v) is 21.6. The van der Waals surface area contributed by atoms with E-state index in [1.54, 1.807) is 18.2 Å². The SMILES string of the molecule is CN1CCNC(=O)COc2ccc(Cl)cc2C(=O)N2CCCCC2c2cc3nc(N4CCC4)cc1n3n2. The maximum absolute atomic E-state index is 13.9. The van der Waals surface area contributed by atoms with Gasteiger partial charge in [0, 0.05) is 56.9 Å². The van der Waals surface area contributed by atoms with Crippen LogP contribution in [0.15, 0.2) is 30.3 Å². The molecule has 1 N–H and O–H groups in total. The van der Waals surface area contributed by atoms with Crippen molar-refractivity contribution in [2.24, 2.45) is 0 Å².